The van der Waals surface area contributed by atoms with Crippen molar-refractivity contribution in [3.63, 3.8) is 0 Å². The van der Waals surface area contributed by atoms with E-state index in [0.29, 0.717) is 5.95 Å². The number of aromatic nitrogens is 2. The number of fused-ring (bicyclic) bond motifs is 1. The fourth-order valence-corrected chi connectivity index (χ4v) is 2.43. The zero-order valence-corrected chi connectivity index (χ0v) is 10.9. The molecule has 1 amide bonds. The molecule has 0 bridgehead atoms. The Morgan fingerprint density at radius 2 is 2.11 bits per heavy atom. The number of imidazole rings is 1. The number of carbonyl (C=O) groups is 1. The predicted octanol–water partition coefficient (Wildman–Crippen LogP) is 1.54. The van der Waals surface area contributed by atoms with Crippen molar-refractivity contribution in [2.24, 2.45) is 5.73 Å². The summed E-state index contributed by atoms with van der Waals surface area (Å²) in [7, 11) is 0. The van der Waals surface area contributed by atoms with Gasteiger partial charge in [-0.1, -0.05) is 12.1 Å². The standard InChI is InChI=1S/C13H18N4O/c1-8-5-4-6-9-11(8)17(12(15)16-9)13(2,3)7-10(14)18/h4-6H,7H2,1-3H3,(H2,14,18)(H2,15,16). The van der Waals surface area contributed by atoms with Crippen molar-refractivity contribution in [2.75, 3.05) is 5.73 Å². The van der Waals surface area contributed by atoms with E-state index < -0.39 is 5.54 Å². The summed E-state index contributed by atoms with van der Waals surface area (Å²) < 4.78 is 1.89. The highest BCUT2D eigenvalue weighted by atomic mass is 16.1. The summed E-state index contributed by atoms with van der Waals surface area (Å²) in [6.45, 7) is 5.86. The van der Waals surface area contributed by atoms with Crippen molar-refractivity contribution >= 4 is 22.9 Å². The highest BCUT2D eigenvalue weighted by Gasteiger charge is 2.27. The molecule has 2 rings (SSSR count). The second kappa shape index (κ2) is 4.01. The molecular weight excluding hydrogens is 228 g/mol. The van der Waals surface area contributed by atoms with Crippen LogP contribution in [0.25, 0.3) is 11.0 Å². The van der Waals surface area contributed by atoms with Gasteiger partial charge >= 0.3 is 0 Å². The Balaban J connectivity index is 2.70. The molecule has 0 saturated heterocycles. The van der Waals surface area contributed by atoms with E-state index in [1.54, 1.807) is 0 Å². The van der Waals surface area contributed by atoms with Crippen molar-refractivity contribution in [1.29, 1.82) is 0 Å². The Labute approximate surface area is 106 Å². The van der Waals surface area contributed by atoms with Crippen LogP contribution in [-0.4, -0.2) is 15.5 Å². The summed E-state index contributed by atoms with van der Waals surface area (Å²) in [6.07, 6.45) is 0.219. The third-order valence-corrected chi connectivity index (χ3v) is 3.12. The fraction of sp³-hybridized carbons (Fsp3) is 0.385. The molecule has 0 atom stereocenters. The summed E-state index contributed by atoms with van der Waals surface area (Å²) in [5.74, 6) is 0.0559. The Morgan fingerprint density at radius 1 is 1.44 bits per heavy atom. The van der Waals surface area contributed by atoms with Crippen LogP contribution in [0.4, 0.5) is 5.95 Å². The maximum Gasteiger partial charge on any atom is 0.219 e. The van der Waals surface area contributed by atoms with Crippen molar-refractivity contribution in [2.45, 2.75) is 32.7 Å². The average Bonchev–Trinajstić information content (AvgIpc) is 2.54. The number of nitrogens with two attached hydrogens (primary N) is 2. The lowest BCUT2D eigenvalue weighted by atomic mass is 9.99. The molecule has 5 heteroatoms. The third kappa shape index (κ3) is 1.92. The van der Waals surface area contributed by atoms with Crippen molar-refractivity contribution in [3.05, 3.63) is 23.8 Å². The molecule has 0 fully saturated rings. The molecule has 1 aromatic heterocycles. The first-order valence-electron chi connectivity index (χ1n) is 5.85. The molecule has 0 aliphatic rings. The van der Waals surface area contributed by atoms with E-state index in [1.807, 2.05) is 43.5 Å². The highest BCUT2D eigenvalue weighted by molar-refractivity contribution is 5.82. The minimum absolute atomic E-state index is 0.219. The summed E-state index contributed by atoms with van der Waals surface area (Å²) in [5, 5.41) is 0. The second-order valence-electron chi connectivity index (χ2n) is 5.20. The molecule has 18 heavy (non-hydrogen) atoms. The van der Waals surface area contributed by atoms with E-state index in [1.165, 1.54) is 0 Å². The molecule has 1 heterocycles. The molecule has 1 aromatic carbocycles. The first kappa shape index (κ1) is 12.4. The van der Waals surface area contributed by atoms with Gasteiger partial charge in [0.2, 0.25) is 11.9 Å². The average molecular weight is 246 g/mol. The monoisotopic (exact) mass is 246 g/mol. The number of nitrogen functional groups attached to an aromatic ring is 1. The fourth-order valence-electron chi connectivity index (χ4n) is 2.43. The van der Waals surface area contributed by atoms with Gasteiger partial charge in [-0.3, -0.25) is 4.79 Å². The summed E-state index contributed by atoms with van der Waals surface area (Å²) >= 11 is 0. The molecule has 96 valence electrons. The molecule has 0 saturated carbocycles. The predicted molar refractivity (Wildman–Crippen MR) is 72.0 cm³/mol. The Bertz CT molecular complexity index is 613. The maximum absolute atomic E-state index is 11.2. The topological polar surface area (TPSA) is 86.9 Å². The van der Waals surface area contributed by atoms with Gasteiger partial charge in [-0.25, -0.2) is 4.98 Å². The Kier molecular flexibility index (Phi) is 2.77. The quantitative estimate of drug-likeness (QED) is 0.861. The second-order valence-corrected chi connectivity index (χ2v) is 5.20. The number of primary amides is 1. The van der Waals surface area contributed by atoms with E-state index in [0.717, 1.165) is 16.6 Å². The largest absolute Gasteiger partial charge is 0.370 e. The number of benzene rings is 1. The zero-order chi connectivity index (χ0) is 13.5. The summed E-state index contributed by atoms with van der Waals surface area (Å²) in [4.78, 5) is 15.5. The molecule has 5 nitrogen and oxygen atoms in total. The normalized spacial score (nSPS) is 11.9. The van der Waals surface area contributed by atoms with Crippen molar-refractivity contribution in [1.82, 2.24) is 9.55 Å². The van der Waals surface area contributed by atoms with Gasteiger partial charge in [0.1, 0.15) is 0 Å². The number of para-hydroxylation sites is 1. The third-order valence-electron chi connectivity index (χ3n) is 3.12. The number of hydrogen-bond donors (Lipinski definition) is 2. The minimum Gasteiger partial charge on any atom is -0.370 e. The van der Waals surface area contributed by atoms with E-state index in [2.05, 4.69) is 4.98 Å². The molecule has 4 N–H and O–H groups in total. The van der Waals surface area contributed by atoms with E-state index in [9.17, 15) is 4.79 Å². The minimum atomic E-state index is -0.489. The molecule has 0 aliphatic carbocycles. The van der Waals surface area contributed by atoms with Crippen LogP contribution in [-0.2, 0) is 10.3 Å². The van der Waals surface area contributed by atoms with Gasteiger partial charge < -0.3 is 16.0 Å². The molecule has 0 spiro atoms. The molecule has 0 radical (unpaired) electrons. The van der Waals surface area contributed by atoms with Gasteiger partial charge in [0, 0.05) is 6.42 Å². The lowest BCUT2D eigenvalue weighted by molar-refractivity contribution is -0.119. The summed E-state index contributed by atoms with van der Waals surface area (Å²) in [5.41, 5.74) is 13.7. The maximum atomic E-state index is 11.2. The van der Waals surface area contributed by atoms with Gasteiger partial charge in [-0.15, -0.1) is 0 Å². The van der Waals surface area contributed by atoms with Crippen LogP contribution in [0.3, 0.4) is 0 Å². The van der Waals surface area contributed by atoms with E-state index >= 15 is 0 Å². The van der Waals surface area contributed by atoms with Gasteiger partial charge in [0.25, 0.3) is 0 Å². The molecule has 2 aromatic rings. The Morgan fingerprint density at radius 3 is 2.72 bits per heavy atom. The first-order chi connectivity index (χ1) is 8.33. The Hall–Kier alpha value is -2.04. The molecular formula is C13H18N4O. The summed E-state index contributed by atoms with van der Waals surface area (Å²) in [6, 6.07) is 5.85. The lowest BCUT2D eigenvalue weighted by Gasteiger charge is -2.27. The van der Waals surface area contributed by atoms with Crippen LogP contribution in [0.2, 0.25) is 0 Å². The lowest BCUT2D eigenvalue weighted by Crippen LogP contribution is -2.33. The van der Waals surface area contributed by atoms with E-state index in [-0.39, 0.29) is 12.3 Å². The number of amides is 1. The number of rotatable bonds is 3. The van der Waals surface area contributed by atoms with Gasteiger partial charge in [-0.2, -0.15) is 0 Å². The van der Waals surface area contributed by atoms with Gasteiger partial charge in [-0.05, 0) is 32.4 Å². The zero-order valence-electron chi connectivity index (χ0n) is 10.9. The van der Waals surface area contributed by atoms with Crippen LogP contribution in [0.1, 0.15) is 25.8 Å². The van der Waals surface area contributed by atoms with Crippen LogP contribution in [0.5, 0.6) is 0 Å². The number of carbonyl (C=O) groups excluding carboxylic acids is 1. The number of aryl methyl sites for hydroxylation is 1. The van der Waals surface area contributed by atoms with Gasteiger partial charge in [0.15, 0.2) is 0 Å². The van der Waals surface area contributed by atoms with Crippen LogP contribution in [0.15, 0.2) is 18.2 Å². The van der Waals surface area contributed by atoms with Crippen molar-refractivity contribution in [3.8, 4) is 0 Å². The first-order valence-corrected chi connectivity index (χ1v) is 5.85. The smallest absolute Gasteiger partial charge is 0.219 e. The van der Waals surface area contributed by atoms with Gasteiger partial charge in [0.05, 0.1) is 16.6 Å². The van der Waals surface area contributed by atoms with Crippen molar-refractivity contribution < 1.29 is 4.79 Å². The van der Waals surface area contributed by atoms with E-state index in [4.69, 9.17) is 11.5 Å². The number of nitrogens with zero attached hydrogens (tertiary/aromatic N) is 2. The van der Waals surface area contributed by atoms with Crippen LogP contribution < -0.4 is 11.5 Å². The highest BCUT2D eigenvalue weighted by Crippen LogP contribution is 2.30. The molecule has 0 unspecified atom stereocenters. The number of hydrogen-bond acceptors (Lipinski definition) is 3. The number of anilines is 1. The van der Waals surface area contributed by atoms with Crippen LogP contribution >= 0.6 is 0 Å². The van der Waals surface area contributed by atoms with Crippen LogP contribution in [0, 0.1) is 6.92 Å². The molecule has 0 aliphatic heterocycles. The SMILES string of the molecule is Cc1cccc2nc(N)n(C(C)(C)CC(N)=O)c12.